The molecule has 0 atom stereocenters. The summed E-state index contributed by atoms with van der Waals surface area (Å²) in [5, 5.41) is 0.759. The maximum atomic E-state index is 13.6. The number of furan rings is 1. The second kappa shape index (κ2) is 5.54. The van der Waals surface area contributed by atoms with E-state index in [2.05, 4.69) is 0 Å². The van der Waals surface area contributed by atoms with Gasteiger partial charge in [-0.3, -0.25) is 0 Å². The fourth-order valence-corrected chi connectivity index (χ4v) is 2.17. The van der Waals surface area contributed by atoms with Gasteiger partial charge in [-0.2, -0.15) is 0 Å². The molecule has 5 heteroatoms. The summed E-state index contributed by atoms with van der Waals surface area (Å²) in [5.41, 5.74) is 6.42. The Bertz CT molecular complexity index is 783. The predicted octanol–water partition coefficient (Wildman–Crippen LogP) is 3.75. The molecule has 3 rings (SSSR count). The Balaban J connectivity index is 1.93. The Morgan fingerprint density at radius 1 is 1.10 bits per heavy atom. The van der Waals surface area contributed by atoms with Crippen LogP contribution in [0, 0.1) is 11.6 Å². The molecule has 2 N–H and O–H groups in total. The first-order chi connectivity index (χ1) is 10.2. The lowest BCUT2D eigenvalue weighted by Crippen LogP contribution is -2.02. The van der Waals surface area contributed by atoms with Crippen LogP contribution in [0.3, 0.4) is 0 Å². The van der Waals surface area contributed by atoms with Crippen molar-refractivity contribution in [1.82, 2.24) is 0 Å². The quantitative estimate of drug-likeness (QED) is 0.795. The molecule has 0 aliphatic carbocycles. The third-order valence-corrected chi connectivity index (χ3v) is 3.18. The fraction of sp³-hybridized carbons (Fsp3) is 0.125. The molecule has 0 saturated heterocycles. The molecule has 1 heterocycles. The molecule has 0 spiro atoms. The Morgan fingerprint density at radius 2 is 1.90 bits per heavy atom. The van der Waals surface area contributed by atoms with E-state index in [1.54, 1.807) is 6.07 Å². The summed E-state index contributed by atoms with van der Waals surface area (Å²) in [6.45, 7) is 0.0652. The second-order valence-corrected chi connectivity index (χ2v) is 4.58. The first-order valence-electron chi connectivity index (χ1n) is 6.46. The SMILES string of the molecule is NCc1oc2ccccc2c1OCc1cc(F)ccc1F. The van der Waals surface area contributed by atoms with Gasteiger partial charge < -0.3 is 14.9 Å². The highest BCUT2D eigenvalue weighted by Gasteiger charge is 2.15. The van der Waals surface area contributed by atoms with Crippen molar-refractivity contribution in [3.05, 3.63) is 65.4 Å². The highest BCUT2D eigenvalue weighted by Crippen LogP contribution is 2.33. The van der Waals surface area contributed by atoms with Crippen LogP contribution in [0.1, 0.15) is 11.3 Å². The van der Waals surface area contributed by atoms with E-state index in [4.69, 9.17) is 14.9 Å². The average molecular weight is 289 g/mol. The largest absolute Gasteiger partial charge is 0.484 e. The number of fused-ring (bicyclic) bond motifs is 1. The molecule has 21 heavy (non-hydrogen) atoms. The average Bonchev–Trinajstić information content (AvgIpc) is 2.86. The van der Waals surface area contributed by atoms with Gasteiger partial charge in [0.05, 0.1) is 11.9 Å². The van der Waals surface area contributed by atoms with E-state index in [1.807, 2.05) is 18.2 Å². The Hall–Kier alpha value is -2.40. The first kappa shape index (κ1) is 13.6. The van der Waals surface area contributed by atoms with Crippen LogP contribution in [0.5, 0.6) is 5.75 Å². The van der Waals surface area contributed by atoms with Crippen LogP contribution in [-0.2, 0) is 13.2 Å². The summed E-state index contributed by atoms with van der Waals surface area (Å²) in [4.78, 5) is 0. The van der Waals surface area contributed by atoms with Gasteiger partial charge in [0.2, 0.25) is 0 Å². The monoisotopic (exact) mass is 289 g/mol. The van der Waals surface area contributed by atoms with Crippen molar-refractivity contribution in [2.24, 2.45) is 5.73 Å². The summed E-state index contributed by atoms with van der Waals surface area (Å²) >= 11 is 0. The van der Waals surface area contributed by atoms with Gasteiger partial charge in [0.25, 0.3) is 0 Å². The number of para-hydroxylation sites is 1. The van der Waals surface area contributed by atoms with E-state index in [-0.39, 0.29) is 18.7 Å². The number of hydrogen-bond donors (Lipinski definition) is 1. The number of nitrogens with two attached hydrogens (primary N) is 1. The minimum atomic E-state index is -0.515. The van der Waals surface area contributed by atoms with E-state index in [0.29, 0.717) is 17.1 Å². The van der Waals surface area contributed by atoms with Gasteiger partial charge in [-0.1, -0.05) is 12.1 Å². The normalized spacial score (nSPS) is 11.0. The van der Waals surface area contributed by atoms with E-state index in [0.717, 1.165) is 23.6 Å². The molecular weight excluding hydrogens is 276 g/mol. The first-order valence-corrected chi connectivity index (χ1v) is 6.46. The van der Waals surface area contributed by atoms with Crippen molar-refractivity contribution in [1.29, 1.82) is 0 Å². The lowest BCUT2D eigenvalue weighted by atomic mass is 10.2. The number of halogens is 2. The zero-order valence-electron chi connectivity index (χ0n) is 11.1. The van der Waals surface area contributed by atoms with Gasteiger partial charge in [0.1, 0.15) is 23.8 Å². The fourth-order valence-electron chi connectivity index (χ4n) is 2.17. The Morgan fingerprint density at radius 3 is 2.71 bits per heavy atom. The van der Waals surface area contributed by atoms with Gasteiger partial charge in [-0.05, 0) is 30.3 Å². The summed E-state index contributed by atoms with van der Waals surface area (Å²) in [6, 6.07) is 10.6. The van der Waals surface area contributed by atoms with Crippen molar-refractivity contribution >= 4 is 11.0 Å². The zero-order chi connectivity index (χ0) is 14.8. The smallest absolute Gasteiger partial charge is 0.170 e. The van der Waals surface area contributed by atoms with Gasteiger partial charge in [0, 0.05) is 5.56 Å². The van der Waals surface area contributed by atoms with Crippen LogP contribution in [0.25, 0.3) is 11.0 Å². The third-order valence-electron chi connectivity index (χ3n) is 3.18. The van der Waals surface area contributed by atoms with Crippen LogP contribution in [-0.4, -0.2) is 0 Å². The van der Waals surface area contributed by atoms with Crippen LogP contribution >= 0.6 is 0 Å². The van der Waals surface area contributed by atoms with Gasteiger partial charge in [-0.25, -0.2) is 8.78 Å². The summed E-state index contributed by atoms with van der Waals surface area (Å²) < 4.78 is 37.9. The minimum absolute atomic E-state index is 0.0971. The molecule has 0 radical (unpaired) electrons. The van der Waals surface area contributed by atoms with Crippen molar-refractivity contribution in [2.75, 3.05) is 0 Å². The standard InChI is InChI=1S/C16H13F2NO2/c17-11-5-6-13(18)10(7-11)9-20-16-12-3-1-2-4-14(12)21-15(16)8-19/h1-7H,8-9,19H2. The topological polar surface area (TPSA) is 48.4 Å². The number of hydrogen-bond acceptors (Lipinski definition) is 3. The van der Waals surface area contributed by atoms with Crippen molar-refractivity contribution in [2.45, 2.75) is 13.2 Å². The molecule has 0 bridgehead atoms. The van der Waals surface area contributed by atoms with E-state index in [1.165, 1.54) is 0 Å². The van der Waals surface area contributed by atoms with Gasteiger partial charge >= 0.3 is 0 Å². The van der Waals surface area contributed by atoms with Crippen molar-refractivity contribution < 1.29 is 17.9 Å². The molecule has 3 aromatic rings. The van der Waals surface area contributed by atoms with Crippen LogP contribution in [0.4, 0.5) is 8.78 Å². The van der Waals surface area contributed by atoms with E-state index < -0.39 is 11.6 Å². The summed E-state index contributed by atoms with van der Waals surface area (Å²) in [6.07, 6.45) is 0. The second-order valence-electron chi connectivity index (χ2n) is 4.58. The van der Waals surface area contributed by atoms with Crippen molar-refractivity contribution in [3.63, 3.8) is 0 Å². The lowest BCUT2D eigenvalue weighted by Gasteiger charge is -2.07. The number of rotatable bonds is 4. The third kappa shape index (κ3) is 2.60. The minimum Gasteiger partial charge on any atom is -0.484 e. The van der Waals surface area contributed by atoms with E-state index >= 15 is 0 Å². The van der Waals surface area contributed by atoms with Crippen LogP contribution in [0.15, 0.2) is 46.9 Å². The number of benzene rings is 2. The lowest BCUT2D eigenvalue weighted by molar-refractivity contribution is 0.292. The van der Waals surface area contributed by atoms with Crippen molar-refractivity contribution in [3.8, 4) is 5.75 Å². The molecule has 0 fully saturated rings. The summed E-state index contributed by atoms with van der Waals surface area (Å²) in [7, 11) is 0. The molecule has 0 aliphatic rings. The molecule has 0 unspecified atom stereocenters. The highest BCUT2D eigenvalue weighted by atomic mass is 19.1. The van der Waals surface area contributed by atoms with Crippen LogP contribution < -0.4 is 10.5 Å². The predicted molar refractivity (Wildman–Crippen MR) is 74.8 cm³/mol. The van der Waals surface area contributed by atoms with Gasteiger partial charge in [-0.15, -0.1) is 0 Å². The molecule has 1 aromatic heterocycles. The maximum absolute atomic E-state index is 13.6. The summed E-state index contributed by atoms with van der Waals surface area (Å²) in [5.74, 6) is -0.0747. The molecule has 3 nitrogen and oxygen atoms in total. The molecule has 108 valence electrons. The Kier molecular flexibility index (Phi) is 3.58. The molecule has 2 aromatic carbocycles. The molecule has 0 aliphatic heterocycles. The molecule has 0 amide bonds. The van der Waals surface area contributed by atoms with E-state index in [9.17, 15) is 8.78 Å². The van der Waals surface area contributed by atoms with Crippen LogP contribution in [0.2, 0.25) is 0 Å². The zero-order valence-corrected chi connectivity index (χ0v) is 11.1. The highest BCUT2D eigenvalue weighted by molar-refractivity contribution is 5.85. The molecule has 0 saturated carbocycles. The van der Waals surface area contributed by atoms with Gasteiger partial charge in [0.15, 0.2) is 11.5 Å². The maximum Gasteiger partial charge on any atom is 0.170 e. The Labute approximate surface area is 119 Å². The molecular formula is C16H13F2NO2. The number of ether oxygens (including phenoxy) is 1.